The lowest BCUT2D eigenvalue weighted by Gasteiger charge is -1.90. The van der Waals surface area contributed by atoms with Crippen molar-refractivity contribution < 1.29 is 4.52 Å². The molecule has 0 bridgehead atoms. The minimum Gasteiger partial charge on any atom is -0.368 e. The molecule has 0 fully saturated rings. The molecule has 0 unspecified atom stereocenters. The molecule has 0 spiro atoms. The number of nitrogen functional groups attached to an aromatic ring is 1. The molecule has 0 aliphatic rings. The Morgan fingerprint density at radius 3 is 2.92 bits per heavy atom. The van der Waals surface area contributed by atoms with E-state index in [2.05, 4.69) is 10.1 Å². The first-order valence-corrected chi connectivity index (χ1v) is 3.49. The first kappa shape index (κ1) is 6.84. The zero-order valence-corrected chi connectivity index (χ0v) is 6.27. The number of aromatic nitrogens is 2. The van der Waals surface area contributed by atoms with E-state index < -0.39 is 0 Å². The normalized spacial score (nSPS) is 10.0. The number of nitrogens with two attached hydrogens (primary N) is 1. The second-order valence-corrected chi connectivity index (χ2v) is 2.36. The lowest BCUT2D eigenvalue weighted by molar-refractivity contribution is 0.439. The summed E-state index contributed by atoms with van der Waals surface area (Å²) < 4.78 is 4.72. The van der Waals surface area contributed by atoms with Gasteiger partial charge in [-0.1, -0.05) is 5.16 Å². The molecular formula is C8H7N3O. The highest BCUT2D eigenvalue weighted by Gasteiger charge is 2.02. The van der Waals surface area contributed by atoms with Crippen molar-refractivity contribution in [1.29, 1.82) is 0 Å². The molecule has 4 heteroatoms. The maximum atomic E-state index is 5.37. The molecule has 0 aromatic carbocycles. The van der Waals surface area contributed by atoms with Gasteiger partial charge in [-0.2, -0.15) is 0 Å². The first-order chi connectivity index (χ1) is 5.86. The molecule has 0 amide bonds. The molecule has 0 atom stereocenters. The molecule has 2 N–H and O–H groups in total. The van der Waals surface area contributed by atoms with Gasteiger partial charge in [0.25, 0.3) is 0 Å². The number of rotatable bonds is 1. The predicted octanol–water partition coefficient (Wildman–Crippen LogP) is 1.32. The van der Waals surface area contributed by atoms with Crippen LogP contribution >= 0.6 is 0 Å². The van der Waals surface area contributed by atoms with Crippen molar-refractivity contribution in [2.45, 2.75) is 0 Å². The summed E-state index contributed by atoms with van der Waals surface area (Å²) in [5, 5.41) is 3.75. The maximum absolute atomic E-state index is 5.37. The summed E-state index contributed by atoms with van der Waals surface area (Å²) in [5.74, 6) is 0.314. The molecule has 0 aliphatic heterocycles. The summed E-state index contributed by atoms with van der Waals surface area (Å²) in [5.41, 5.74) is 6.98. The Morgan fingerprint density at radius 1 is 1.42 bits per heavy atom. The summed E-state index contributed by atoms with van der Waals surface area (Å²) in [4.78, 5) is 3.95. The van der Waals surface area contributed by atoms with E-state index in [0.29, 0.717) is 11.6 Å². The highest BCUT2D eigenvalue weighted by atomic mass is 16.5. The molecule has 2 aromatic heterocycles. The van der Waals surface area contributed by atoms with E-state index in [1.54, 1.807) is 18.5 Å². The first-order valence-electron chi connectivity index (χ1n) is 3.49. The van der Waals surface area contributed by atoms with Crippen LogP contribution in [0.3, 0.4) is 0 Å². The topological polar surface area (TPSA) is 64.9 Å². The maximum Gasteiger partial charge on any atom is 0.222 e. The average Bonchev–Trinajstić information content (AvgIpc) is 2.54. The molecule has 2 heterocycles. The van der Waals surface area contributed by atoms with E-state index in [-0.39, 0.29) is 0 Å². The third kappa shape index (κ3) is 1.14. The van der Waals surface area contributed by atoms with Crippen molar-refractivity contribution >= 4 is 5.88 Å². The van der Waals surface area contributed by atoms with Crippen LogP contribution in [-0.2, 0) is 0 Å². The van der Waals surface area contributed by atoms with Gasteiger partial charge in [0, 0.05) is 24.0 Å². The Balaban J connectivity index is 2.45. The van der Waals surface area contributed by atoms with Gasteiger partial charge in [0.15, 0.2) is 0 Å². The van der Waals surface area contributed by atoms with E-state index in [1.165, 1.54) is 0 Å². The van der Waals surface area contributed by atoms with Gasteiger partial charge in [-0.3, -0.25) is 4.98 Å². The third-order valence-corrected chi connectivity index (χ3v) is 1.49. The van der Waals surface area contributed by atoms with Crippen molar-refractivity contribution in [1.82, 2.24) is 10.1 Å². The van der Waals surface area contributed by atoms with E-state index in [4.69, 9.17) is 10.3 Å². The van der Waals surface area contributed by atoms with Crippen molar-refractivity contribution in [2.24, 2.45) is 0 Å². The summed E-state index contributed by atoms with van der Waals surface area (Å²) in [7, 11) is 0. The number of nitrogens with zero attached hydrogens (tertiary/aromatic N) is 2. The highest BCUT2D eigenvalue weighted by Crippen LogP contribution is 2.17. The summed E-state index contributed by atoms with van der Waals surface area (Å²) in [6, 6.07) is 5.39. The van der Waals surface area contributed by atoms with E-state index in [0.717, 1.165) is 5.56 Å². The van der Waals surface area contributed by atoms with Crippen LogP contribution in [-0.4, -0.2) is 10.1 Å². The second kappa shape index (κ2) is 2.65. The summed E-state index contributed by atoms with van der Waals surface area (Å²) >= 11 is 0. The van der Waals surface area contributed by atoms with Crippen LogP contribution in [0.1, 0.15) is 0 Å². The minimum absolute atomic E-state index is 0.314. The van der Waals surface area contributed by atoms with Gasteiger partial charge in [-0.15, -0.1) is 0 Å². The fraction of sp³-hybridized carbons (Fsp3) is 0. The van der Waals surface area contributed by atoms with Crippen molar-refractivity contribution in [2.75, 3.05) is 5.73 Å². The molecule has 0 radical (unpaired) electrons. The largest absolute Gasteiger partial charge is 0.368 e. The Kier molecular flexibility index (Phi) is 1.51. The fourth-order valence-electron chi connectivity index (χ4n) is 0.940. The SMILES string of the molecule is Nc1cc(-c2cccnc2)no1. The van der Waals surface area contributed by atoms with Crippen LogP contribution in [0.4, 0.5) is 5.88 Å². The highest BCUT2D eigenvalue weighted by molar-refractivity contribution is 5.59. The molecule has 4 nitrogen and oxygen atoms in total. The molecule has 12 heavy (non-hydrogen) atoms. The van der Waals surface area contributed by atoms with Crippen LogP contribution in [0.15, 0.2) is 35.1 Å². The van der Waals surface area contributed by atoms with Crippen LogP contribution in [0, 0.1) is 0 Å². The Morgan fingerprint density at radius 2 is 2.33 bits per heavy atom. The average molecular weight is 161 g/mol. The molecule has 2 aromatic rings. The molecule has 2 rings (SSSR count). The summed E-state index contributed by atoms with van der Waals surface area (Å²) in [6.45, 7) is 0. The smallest absolute Gasteiger partial charge is 0.222 e. The van der Waals surface area contributed by atoms with E-state index >= 15 is 0 Å². The molecule has 0 saturated heterocycles. The van der Waals surface area contributed by atoms with Gasteiger partial charge in [0.1, 0.15) is 5.69 Å². The van der Waals surface area contributed by atoms with Gasteiger partial charge in [0.2, 0.25) is 5.88 Å². The number of hydrogen-bond acceptors (Lipinski definition) is 4. The van der Waals surface area contributed by atoms with Crippen molar-refractivity contribution in [3.05, 3.63) is 30.6 Å². The molecule has 0 aliphatic carbocycles. The third-order valence-electron chi connectivity index (χ3n) is 1.49. The zero-order valence-electron chi connectivity index (χ0n) is 6.27. The van der Waals surface area contributed by atoms with Gasteiger partial charge in [-0.05, 0) is 12.1 Å². The van der Waals surface area contributed by atoms with Crippen LogP contribution in [0.5, 0.6) is 0 Å². The number of pyridine rings is 1. The lowest BCUT2D eigenvalue weighted by Crippen LogP contribution is -1.78. The minimum atomic E-state index is 0.314. The van der Waals surface area contributed by atoms with Crippen LogP contribution in [0.25, 0.3) is 11.3 Å². The van der Waals surface area contributed by atoms with Crippen molar-refractivity contribution in [3.63, 3.8) is 0 Å². The quantitative estimate of drug-likeness (QED) is 0.685. The van der Waals surface area contributed by atoms with Gasteiger partial charge < -0.3 is 10.3 Å². The molecule has 60 valence electrons. The van der Waals surface area contributed by atoms with Gasteiger partial charge >= 0.3 is 0 Å². The predicted molar refractivity (Wildman–Crippen MR) is 44.1 cm³/mol. The van der Waals surface area contributed by atoms with Crippen molar-refractivity contribution in [3.8, 4) is 11.3 Å². The summed E-state index contributed by atoms with van der Waals surface area (Å²) in [6.07, 6.45) is 3.41. The monoisotopic (exact) mass is 161 g/mol. The van der Waals surface area contributed by atoms with Crippen LogP contribution < -0.4 is 5.73 Å². The zero-order chi connectivity index (χ0) is 8.39. The number of anilines is 1. The number of hydrogen-bond donors (Lipinski definition) is 1. The van der Waals surface area contributed by atoms with E-state index in [9.17, 15) is 0 Å². The second-order valence-electron chi connectivity index (χ2n) is 2.36. The van der Waals surface area contributed by atoms with Gasteiger partial charge in [-0.25, -0.2) is 0 Å². The standard InChI is InChI=1S/C8H7N3O/c9-8-4-7(11-12-8)6-2-1-3-10-5-6/h1-5H,9H2. The Hall–Kier alpha value is -1.84. The fourth-order valence-corrected chi connectivity index (χ4v) is 0.940. The Bertz CT molecular complexity index is 369. The molecular weight excluding hydrogens is 154 g/mol. The van der Waals surface area contributed by atoms with Gasteiger partial charge in [0.05, 0.1) is 0 Å². The van der Waals surface area contributed by atoms with E-state index in [1.807, 2.05) is 12.1 Å². The van der Waals surface area contributed by atoms with Crippen LogP contribution in [0.2, 0.25) is 0 Å². The Labute approximate surface area is 69.0 Å². The molecule has 0 saturated carbocycles. The lowest BCUT2D eigenvalue weighted by atomic mass is 10.2.